The van der Waals surface area contributed by atoms with Gasteiger partial charge >= 0.3 is 11.9 Å². The normalized spacial score (nSPS) is 20.4. The molecular formula is C31H45N9O10. The first kappa shape index (κ1) is 40.4. The van der Waals surface area contributed by atoms with E-state index in [-0.39, 0.29) is 64.0 Å². The van der Waals surface area contributed by atoms with Crippen LogP contribution >= 0.6 is 0 Å². The van der Waals surface area contributed by atoms with E-state index in [9.17, 15) is 43.5 Å². The van der Waals surface area contributed by atoms with E-state index in [4.69, 9.17) is 16.6 Å². The number of aliphatic carboxylic acids is 2. The fraction of sp³-hybridized carbons (Fsp3) is 0.516. The summed E-state index contributed by atoms with van der Waals surface area (Å²) in [5.74, 6) is -7.36. The molecule has 50 heavy (non-hydrogen) atoms. The Kier molecular flexibility index (Phi) is 17.2. The molecular weight excluding hydrogens is 658 g/mol. The highest BCUT2D eigenvalue weighted by Gasteiger charge is 2.33. The predicted octanol–water partition coefficient (Wildman–Crippen LogP) is -3.02. The van der Waals surface area contributed by atoms with Crippen LogP contribution in [0.3, 0.4) is 0 Å². The number of aliphatic imine (C=N–C) groups is 1. The molecule has 12 N–H and O–H groups in total. The zero-order valence-corrected chi connectivity index (χ0v) is 27.4. The Labute approximate surface area is 287 Å². The molecule has 1 aromatic carbocycles. The van der Waals surface area contributed by atoms with Crippen molar-refractivity contribution in [2.75, 3.05) is 19.6 Å². The Morgan fingerprint density at radius 3 is 1.98 bits per heavy atom. The highest BCUT2D eigenvalue weighted by atomic mass is 16.4. The second-order valence-electron chi connectivity index (χ2n) is 11.5. The summed E-state index contributed by atoms with van der Waals surface area (Å²) in [6, 6.07) is 3.19. The molecule has 1 saturated heterocycles. The lowest BCUT2D eigenvalue weighted by molar-refractivity contribution is -0.141. The number of guanidine groups is 1. The minimum absolute atomic E-state index is 0.0251. The quantitative estimate of drug-likeness (QED) is 0.0467. The van der Waals surface area contributed by atoms with Crippen LogP contribution in [0, 0.1) is 0 Å². The zero-order chi connectivity index (χ0) is 37.1. The van der Waals surface area contributed by atoms with Crippen LogP contribution in [0.5, 0.6) is 0 Å². The van der Waals surface area contributed by atoms with Crippen molar-refractivity contribution in [3.8, 4) is 0 Å². The summed E-state index contributed by atoms with van der Waals surface area (Å²) in [6.45, 7) is -0.378. The van der Waals surface area contributed by atoms with Gasteiger partial charge in [0.1, 0.15) is 24.2 Å². The van der Waals surface area contributed by atoms with E-state index in [2.05, 4.69) is 36.9 Å². The minimum atomic E-state index is -1.61. The van der Waals surface area contributed by atoms with Crippen molar-refractivity contribution >= 4 is 53.3 Å². The van der Waals surface area contributed by atoms with Crippen LogP contribution in [-0.4, -0.2) is 107 Å². The molecule has 0 bridgehead atoms. The second kappa shape index (κ2) is 21.3. The summed E-state index contributed by atoms with van der Waals surface area (Å²) in [6.07, 6.45) is -0.502. The van der Waals surface area contributed by atoms with Crippen molar-refractivity contribution in [1.82, 2.24) is 31.9 Å². The first-order valence-electron chi connectivity index (χ1n) is 16.0. The summed E-state index contributed by atoms with van der Waals surface area (Å²) >= 11 is 0. The molecule has 1 heterocycles. The van der Waals surface area contributed by atoms with E-state index in [0.29, 0.717) is 12.0 Å². The Morgan fingerprint density at radius 1 is 0.740 bits per heavy atom. The molecule has 0 aromatic heterocycles. The number of carbonyl (C=O) groups excluding carboxylic acids is 6. The Balaban J connectivity index is 2.38. The molecule has 6 amide bonds. The summed E-state index contributed by atoms with van der Waals surface area (Å²) < 4.78 is 0. The molecule has 0 saturated carbocycles. The molecule has 1 aliphatic heterocycles. The third-order valence-electron chi connectivity index (χ3n) is 7.39. The van der Waals surface area contributed by atoms with E-state index >= 15 is 0 Å². The third kappa shape index (κ3) is 15.9. The maximum absolute atomic E-state index is 13.7. The van der Waals surface area contributed by atoms with Gasteiger partial charge in [-0.3, -0.25) is 43.3 Å². The van der Waals surface area contributed by atoms with Crippen LogP contribution in [0.25, 0.3) is 0 Å². The molecule has 19 heteroatoms. The number of amides is 6. The molecule has 4 atom stereocenters. The van der Waals surface area contributed by atoms with Gasteiger partial charge in [-0.1, -0.05) is 30.3 Å². The van der Waals surface area contributed by atoms with Crippen molar-refractivity contribution in [3.63, 3.8) is 0 Å². The molecule has 0 unspecified atom stereocenters. The Morgan fingerprint density at radius 2 is 1.34 bits per heavy atom. The smallest absolute Gasteiger partial charge is 0.305 e. The van der Waals surface area contributed by atoms with Gasteiger partial charge in [0.05, 0.1) is 19.4 Å². The van der Waals surface area contributed by atoms with Gasteiger partial charge in [-0.25, -0.2) is 0 Å². The first-order valence-corrected chi connectivity index (χ1v) is 16.0. The lowest BCUT2D eigenvalue weighted by atomic mass is 10.0. The SMILES string of the molecule is NC(N)=NCCC[C@@H]1NC(=O)[C@H](CCCCNC(=O)CCC(=O)O)NC(=O)[C@@H](Cc2ccccc2)NC(=O)[C@H](CC(=O)O)NC(=O)CNC1=O. The van der Waals surface area contributed by atoms with Gasteiger partial charge < -0.3 is 53.6 Å². The fourth-order valence-electron chi connectivity index (χ4n) is 4.85. The fourth-order valence-corrected chi connectivity index (χ4v) is 4.85. The first-order chi connectivity index (χ1) is 23.7. The molecule has 2 rings (SSSR count). The number of nitrogens with zero attached hydrogens (tertiary/aromatic N) is 1. The number of nitrogens with one attached hydrogen (secondary N) is 6. The van der Waals surface area contributed by atoms with Gasteiger partial charge in [0.2, 0.25) is 35.4 Å². The van der Waals surface area contributed by atoms with Crippen molar-refractivity contribution in [2.24, 2.45) is 16.5 Å². The van der Waals surface area contributed by atoms with Crippen LogP contribution in [0.15, 0.2) is 35.3 Å². The van der Waals surface area contributed by atoms with Crippen LogP contribution in [0.4, 0.5) is 0 Å². The number of carboxylic acid groups (broad SMARTS) is 2. The van der Waals surface area contributed by atoms with Crippen molar-refractivity contribution in [2.45, 2.75) is 82.0 Å². The number of hydrogen-bond donors (Lipinski definition) is 10. The molecule has 0 spiro atoms. The molecule has 1 fully saturated rings. The van der Waals surface area contributed by atoms with Gasteiger partial charge in [-0.15, -0.1) is 0 Å². The van der Waals surface area contributed by atoms with Crippen LogP contribution < -0.4 is 43.4 Å². The molecule has 1 aliphatic rings. The number of nitrogens with two attached hydrogens (primary N) is 2. The number of carboxylic acids is 2. The maximum atomic E-state index is 13.7. The summed E-state index contributed by atoms with van der Waals surface area (Å²) in [5.41, 5.74) is 11.4. The van der Waals surface area contributed by atoms with Crippen LogP contribution in [0.1, 0.15) is 56.9 Å². The van der Waals surface area contributed by atoms with Crippen LogP contribution in [-0.2, 0) is 44.8 Å². The number of hydrogen-bond acceptors (Lipinski definition) is 9. The minimum Gasteiger partial charge on any atom is -0.481 e. The lowest BCUT2D eigenvalue weighted by Gasteiger charge is -2.26. The zero-order valence-electron chi connectivity index (χ0n) is 27.4. The standard InChI is InChI=1S/C31H45N9O10/c32-31(33)35-14-6-10-19-27(47)36-17-24(42)37-22(16-26(45)46)30(50)40-21(15-18-7-2-1-3-8-18)29(49)39-20(28(48)38-19)9-4-5-13-34-23(41)11-12-25(43)44/h1-3,7-8,19-22H,4-6,9-17H2,(H,34,41)(H,36,47)(H,37,42)(H,38,48)(H,39,49)(H,40,50)(H,43,44)(H,45,46)(H4,32,33,35)/t19-,20-,21+,22-/m0/s1. The Bertz CT molecular complexity index is 1400. The van der Waals surface area contributed by atoms with Gasteiger partial charge in [0, 0.05) is 25.9 Å². The monoisotopic (exact) mass is 703 g/mol. The molecule has 0 radical (unpaired) electrons. The number of carbonyl (C=O) groups is 8. The summed E-state index contributed by atoms with van der Waals surface area (Å²) in [4.78, 5) is 105. The van der Waals surface area contributed by atoms with E-state index in [0.717, 1.165) is 0 Å². The number of benzene rings is 1. The van der Waals surface area contributed by atoms with Crippen LogP contribution in [0.2, 0.25) is 0 Å². The third-order valence-corrected chi connectivity index (χ3v) is 7.39. The van der Waals surface area contributed by atoms with Crippen molar-refractivity contribution in [1.29, 1.82) is 0 Å². The van der Waals surface area contributed by atoms with E-state index in [1.807, 2.05) is 0 Å². The number of unbranched alkanes of at least 4 members (excludes halogenated alkanes) is 1. The summed E-state index contributed by atoms with van der Waals surface area (Å²) in [7, 11) is 0. The predicted molar refractivity (Wildman–Crippen MR) is 177 cm³/mol. The van der Waals surface area contributed by atoms with Crippen molar-refractivity contribution < 1.29 is 48.6 Å². The molecule has 0 aliphatic carbocycles. The molecule has 19 nitrogen and oxygen atoms in total. The highest BCUT2D eigenvalue weighted by Crippen LogP contribution is 2.09. The molecule has 1 aromatic rings. The summed E-state index contributed by atoms with van der Waals surface area (Å²) in [5, 5.41) is 33.1. The van der Waals surface area contributed by atoms with E-state index in [1.54, 1.807) is 30.3 Å². The van der Waals surface area contributed by atoms with Gasteiger partial charge in [-0.05, 0) is 37.7 Å². The second-order valence-corrected chi connectivity index (χ2v) is 11.5. The largest absolute Gasteiger partial charge is 0.481 e. The lowest BCUT2D eigenvalue weighted by Crippen LogP contribution is -2.58. The van der Waals surface area contributed by atoms with Gasteiger partial charge in [0.15, 0.2) is 5.96 Å². The Hall–Kier alpha value is -5.75. The van der Waals surface area contributed by atoms with Gasteiger partial charge in [0.25, 0.3) is 0 Å². The van der Waals surface area contributed by atoms with E-state index < -0.39 is 84.5 Å². The average molecular weight is 704 g/mol. The van der Waals surface area contributed by atoms with E-state index in [1.165, 1.54) is 0 Å². The maximum Gasteiger partial charge on any atom is 0.305 e. The van der Waals surface area contributed by atoms with Crippen molar-refractivity contribution in [3.05, 3.63) is 35.9 Å². The highest BCUT2D eigenvalue weighted by molar-refractivity contribution is 5.98. The molecule has 274 valence electrons. The topological polar surface area (TPSA) is 314 Å². The van der Waals surface area contributed by atoms with Gasteiger partial charge in [-0.2, -0.15) is 0 Å². The number of rotatable bonds is 16. The average Bonchev–Trinajstić information content (AvgIpc) is 3.05.